The Labute approximate surface area is 162 Å². The molecule has 0 aliphatic carbocycles. The molecule has 156 valence electrons. The van der Waals surface area contributed by atoms with Crippen molar-refractivity contribution < 1.29 is 40.7 Å². The molecule has 14 heteroatoms. The first-order valence-corrected chi connectivity index (χ1v) is 8.64. The van der Waals surface area contributed by atoms with Crippen molar-refractivity contribution in [2.24, 2.45) is 0 Å². The second-order valence-corrected chi connectivity index (χ2v) is 6.62. The number of nitrogens with one attached hydrogen (secondary N) is 2. The van der Waals surface area contributed by atoms with E-state index in [0.717, 1.165) is 17.6 Å². The minimum Gasteiger partial charge on any atom is -0.434 e. The molecule has 3 heterocycles. The second kappa shape index (κ2) is 7.50. The van der Waals surface area contributed by atoms with E-state index in [1.54, 1.807) is 0 Å². The number of hydrogen-bond donors (Lipinski definition) is 2. The van der Waals surface area contributed by atoms with Crippen molar-refractivity contribution in [3.05, 3.63) is 45.7 Å². The number of aromatic nitrogens is 2. The van der Waals surface area contributed by atoms with Gasteiger partial charge in [0.1, 0.15) is 5.69 Å². The van der Waals surface area contributed by atoms with Gasteiger partial charge in [-0.3, -0.25) is 9.78 Å². The van der Waals surface area contributed by atoms with Crippen molar-refractivity contribution in [1.29, 1.82) is 0 Å². The Kier molecular flexibility index (Phi) is 5.38. The van der Waals surface area contributed by atoms with Gasteiger partial charge in [-0.1, -0.05) is 6.07 Å². The van der Waals surface area contributed by atoms with Crippen LogP contribution in [-0.4, -0.2) is 34.6 Å². The first kappa shape index (κ1) is 20.8. The third-order valence-corrected chi connectivity index (χ3v) is 4.64. The number of nitrogens with zero attached hydrogens (tertiary/aromatic N) is 2. The van der Waals surface area contributed by atoms with Crippen molar-refractivity contribution in [2.45, 2.75) is 24.5 Å². The number of carbonyl (C=O) groups is 2. The summed E-state index contributed by atoms with van der Waals surface area (Å²) in [7, 11) is 0. The van der Waals surface area contributed by atoms with Crippen LogP contribution in [0.25, 0.3) is 0 Å². The molecule has 0 radical (unpaired) electrons. The number of alkyl carbamates (subject to hydrolysis) is 1. The summed E-state index contributed by atoms with van der Waals surface area (Å²) in [6.07, 6.45) is -10.8. The average molecular weight is 440 g/mol. The molecule has 2 amide bonds. The molecule has 2 aromatic rings. The molecule has 1 aliphatic rings. The zero-order valence-corrected chi connectivity index (χ0v) is 14.8. The fourth-order valence-corrected chi connectivity index (χ4v) is 3.10. The highest BCUT2D eigenvalue weighted by Crippen LogP contribution is 2.35. The number of pyridine rings is 1. The van der Waals surface area contributed by atoms with E-state index in [9.17, 15) is 35.9 Å². The van der Waals surface area contributed by atoms with E-state index in [2.05, 4.69) is 20.6 Å². The normalized spacial score (nSPS) is 18.1. The maximum atomic E-state index is 12.9. The first-order valence-electron chi connectivity index (χ1n) is 7.76. The summed E-state index contributed by atoms with van der Waals surface area (Å²) in [5.41, 5.74) is -1.51. The van der Waals surface area contributed by atoms with Crippen LogP contribution in [0.1, 0.15) is 28.0 Å². The summed E-state index contributed by atoms with van der Waals surface area (Å²) in [6, 6.07) is 0.249. The van der Waals surface area contributed by atoms with Crippen LogP contribution >= 0.6 is 11.3 Å². The van der Waals surface area contributed by atoms with Gasteiger partial charge in [-0.25, -0.2) is 9.78 Å². The van der Waals surface area contributed by atoms with E-state index < -0.39 is 47.2 Å². The van der Waals surface area contributed by atoms with E-state index in [1.807, 2.05) is 0 Å². The lowest BCUT2D eigenvalue weighted by molar-refractivity contribution is -0.141. The highest BCUT2D eigenvalue weighted by atomic mass is 32.1. The summed E-state index contributed by atoms with van der Waals surface area (Å²) >= 11 is 0.261. The summed E-state index contributed by atoms with van der Waals surface area (Å²) < 4.78 is 81.4. The predicted octanol–water partition coefficient (Wildman–Crippen LogP) is 2.89. The molecule has 0 spiro atoms. The van der Waals surface area contributed by atoms with Crippen LogP contribution in [0.4, 0.5) is 31.1 Å². The molecule has 7 nitrogen and oxygen atoms in total. The smallest absolute Gasteiger partial charge is 0.434 e. The molecule has 1 unspecified atom stereocenters. The molecule has 2 aromatic heterocycles. The number of alkyl halides is 6. The van der Waals surface area contributed by atoms with Gasteiger partial charge in [0, 0.05) is 11.6 Å². The Bertz CT molecular complexity index is 912. The van der Waals surface area contributed by atoms with E-state index in [-0.39, 0.29) is 29.1 Å². The topological polar surface area (TPSA) is 93.2 Å². The van der Waals surface area contributed by atoms with Crippen molar-refractivity contribution in [3.8, 4) is 0 Å². The molecule has 29 heavy (non-hydrogen) atoms. The lowest BCUT2D eigenvalue weighted by Crippen LogP contribution is -2.39. The van der Waals surface area contributed by atoms with Gasteiger partial charge in [-0.05, 0) is 11.6 Å². The Morgan fingerprint density at radius 3 is 2.45 bits per heavy atom. The summed E-state index contributed by atoms with van der Waals surface area (Å²) in [4.78, 5) is 30.0. The second-order valence-electron chi connectivity index (χ2n) is 5.77. The largest absolute Gasteiger partial charge is 0.443 e. The standard InChI is InChI=1S/C15H10F6N4O3S/c16-14(17,18)9-2-1-6(3-22-9)10(7-5-29-12(24-7)15(19,20)21)25-11(26)8-4-23-13(27)28-8/h1-3,5,8,10H,4H2,(H,23,27)(H,25,26)/t8-,10?/m0/s1. The van der Waals surface area contributed by atoms with E-state index in [0.29, 0.717) is 6.07 Å². The third-order valence-electron chi connectivity index (χ3n) is 3.73. The van der Waals surface area contributed by atoms with Crippen LogP contribution in [-0.2, 0) is 21.9 Å². The van der Waals surface area contributed by atoms with Gasteiger partial charge < -0.3 is 15.4 Å². The van der Waals surface area contributed by atoms with Crippen LogP contribution < -0.4 is 10.6 Å². The van der Waals surface area contributed by atoms with Gasteiger partial charge >= 0.3 is 18.4 Å². The zero-order chi connectivity index (χ0) is 21.4. The lowest BCUT2D eigenvalue weighted by atomic mass is 10.1. The van der Waals surface area contributed by atoms with Gasteiger partial charge in [0.15, 0.2) is 11.1 Å². The third kappa shape index (κ3) is 4.75. The molecular formula is C15H10F6N4O3S. The molecular weight excluding hydrogens is 430 g/mol. The van der Waals surface area contributed by atoms with Crippen LogP contribution in [0, 0.1) is 0 Å². The highest BCUT2D eigenvalue weighted by molar-refractivity contribution is 7.09. The predicted molar refractivity (Wildman–Crippen MR) is 84.6 cm³/mol. The summed E-state index contributed by atoms with van der Waals surface area (Å²) in [6.45, 7) is -0.173. The SMILES string of the molecule is O=C1NC[C@@H](C(=O)NC(c2ccc(C(F)(F)F)nc2)c2csc(C(F)(F)F)n2)O1. The van der Waals surface area contributed by atoms with E-state index in [4.69, 9.17) is 4.74 Å². The molecule has 0 aromatic carbocycles. The number of amides is 2. The summed E-state index contributed by atoms with van der Waals surface area (Å²) in [5.74, 6) is -0.866. The van der Waals surface area contributed by atoms with Gasteiger partial charge in [-0.2, -0.15) is 26.3 Å². The van der Waals surface area contributed by atoms with Gasteiger partial charge in [0.25, 0.3) is 5.91 Å². The fraction of sp³-hybridized carbons (Fsp3) is 0.333. The molecule has 3 rings (SSSR count). The number of ether oxygens (including phenoxy) is 1. The molecule has 1 fully saturated rings. The van der Waals surface area contributed by atoms with Crippen LogP contribution in [0.15, 0.2) is 23.7 Å². The number of halogens is 6. The average Bonchev–Trinajstić information content (AvgIpc) is 3.28. The number of cyclic esters (lactones) is 1. The zero-order valence-electron chi connectivity index (χ0n) is 14.0. The quantitative estimate of drug-likeness (QED) is 0.714. The van der Waals surface area contributed by atoms with Crippen molar-refractivity contribution in [3.63, 3.8) is 0 Å². The van der Waals surface area contributed by atoms with Crippen molar-refractivity contribution in [1.82, 2.24) is 20.6 Å². The number of thiazole rings is 1. The van der Waals surface area contributed by atoms with Crippen molar-refractivity contribution >= 4 is 23.3 Å². The highest BCUT2D eigenvalue weighted by Gasteiger charge is 2.37. The van der Waals surface area contributed by atoms with Crippen LogP contribution in [0.5, 0.6) is 0 Å². The number of hydrogen-bond acceptors (Lipinski definition) is 6. The summed E-state index contributed by atoms with van der Waals surface area (Å²) in [5, 5.41) is 4.39. The minimum absolute atomic E-state index is 0.0392. The molecule has 2 atom stereocenters. The Morgan fingerprint density at radius 1 is 1.24 bits per heavy atom. The molecule has 1 saturated heterocycles. The Morgan fingerprint density at radius 2 is 1.97 bits per heavy atom. The lowest BCUT2D eigenvalue weighted by Gasteiger charge is -2.19. The molecule has 1 aliphatic heterocycles. The van der Waals surface area contributed by atoms with Gasteiger partial charge in [-0.15, -0.1) is 11.3 Å². The Hall–Kier alpha value is -2.90. The Balaban J connectivity index is 1.92. The van der Waals surface area contributed by atoms with Gasteiger partial charge in [0.05, 0.1) is 18.3 Å². The maximum Gasteiger partial charge on any atom is 0.443 e. The maximum absolute atomic E-state index is 12.9. The minimum atomic E-state index is -4.74. The molecule has 0 saturated carbocycles. The first-order chi connectivity index (χ1) is 13.4. The van der Waals surface area contributed by atoms with E-state index in [1.165, 1.54) is 0 Å². The van der Waals surface area contributed by atoms with Crippen molar-refractivity contribution in [2.75, 3.05) is 6.54 Å². The number of carbonyl (C=O) groups excluding carboxylic acids is 2. The monoisotopic (exact) mass is 440 g/mol. The van der Waals surface area contributed by atoms with Crippen LogP contribution in [0.2, 0.25) is 0 Å². The van der Waals surface area contributed by atoms with Gasteiger partial charge in [0.2, 0.25) is 0 Å². The van der Waals surface area contributed by atoms with Crippen LogP contribution in [0.3, 0.4) is 0 Å². The number of rotatable bonds is 4. The van der Waals surface area contributed by atoms with E-state index >= 15 is 0 Å². The molecule has 0 bridgehead atoms. The fourth-order valence-electron chi connectivity index (χ4n) is 2.39. The molecule has 2 N–H and O–H groups in total.